The van der Waals surface area contributed by atoms with Crippen molar-refractivity contribution in [3.05, 3.63) is 96.1 Å². The minimum atomic E-state index is -0.370. The van der Waals surface area contributed by atoms with Gasteiger partial charge in [0, 0.05) is 13.1 Å². The van der Waals surface area contributed by atoms with Gasteiger partial charge in [0.15, 0.2) is 0 Å². The van der Waals surface area contributed by atoms with E-state index in [1.165, 1.54) is 0 Å². The molecule has 0 bridgehead atoms. The van der Waals surface area contributed by atoms with Crippen molar-refractivity contribution in [2.75, 3.05) is 18.1 Å². The maximum atomic E-state index is 13.8. The number of hydrogen-bond donors (Lipinski definition) is 0. The number of rotatable bonds is 9. The molecule has 0 atom stereocenters. The van der Waals surface area contributed by atoms with Gasteiger partial charge in [-0.2, -0.15) is 0 Å². The van der Waals surface area contributed by atoms with Crippen LogP contribution in [0.4, 0.5) is 16.2 Å². The molecule has 0 aromatic heterocycles. The molecule has 0 aliphatic rings. The number of benzene rings is 3. The average Bonchev–Trinajstić information content (AvgIpc) is 2.84. The van der Waals surface area contributed by atoms with Crippen molar-refractivity contribution in [3.8, 4) is 0 Å². The molecule has 0 saturated heterocycles. The van der Waals surface area contributed by atoms with Crippen LogP contribution in [0, 0.1) is 0 Å². The first-order valence-corrected chi connectivity index (χ1v) is 11.1. The average molecular weight is 431 g/mol. The number of nitrogens with zero attached hydrogens (tertiary/aromatic N) is 2. The third kappa shape index (κ3) is 5.97. The van der Waals surface area contributed by atoms with Gasteiger partial charge in [-0.15, -0.1) is 0 Å². The molecule has 0 radical (unpaired) electrons. The highest BCUT2D eigenvalue weighted by molar-refractivity contribution is 6.00. The summed E-state index contributed by atoms with van der Waals surface area (Å²) in [7, 11) is 0. The van der Waals surface area contributed by atoms with E-state index in [9.17, 15) is 9.59 Å². The smallest absolute Gasteiger partial charge is 0.338 e. The summed E-state index contributed by atoms with van der Waals surface area (Å²) >= 11 is 0. The number of esters is 1. The zero-order valence-electron chi connectivity index (χ0n) is 18.7. The first kappa shape index (κ1) is 23.1. The highest BCUT2D eigenvalue weighted by Crippen LogP contribution is 2.28. The van der Waals surface area contributed by atoms with Crippen LogP contribution in [-0.2, 0) is 11.3 Å². The van der Waals surface area contributed by atoms with Crippen molar-refractivity contribution >= 4 is 23.4 Å². The highest BCUT2D eigenvalue weighted by Gasteiger charge is 2.24. The van der Waals surface area contributed by atoms with Gasteiger partial charge < -0.3 is 9.64 Å². The van der Waals surface area contributed by atoms with Crippen LogP contribution in [0.25, 0.3) is 0 Å². The summed E-state index contributed by atoms with van der Waals surface area (Å²) in [5.74, 6) is -0.370. The summed E-state index contributed by atoms with van der Waals surface area (Å²) in [6, 6.07) is 26.5. The van der Waals surface area contributed by atoms with Crippen molar-refractivity contribution < 1.29 is 14.3 Å². The van der Waals surface area contributed by atoms with Gasteiger partial charge in [0.1, 0.15) is 0 Å². The summed E-state index contributed by atoms with van der Waals surface area (Å²) in [5, 5.41) is 0. The zero-order chi connectivity index (χ0) is 22.8. The van der Waals surface area contributed by atoms with Crippen LogP contribution in [-0.4, -0.2) is 30.1 Å². The number of amides is 2. The summed E-state index contributed by atoms with van der Waals surface area (Å²) in [5.41, 5.74) is 3.02. The van der Waals surface area contributed by atoms with Crippen molar-refractivity contribution in [2.45, 2.75) is 33.2 Å². The summed E-state index contributed by atoms with van der Waals surface area (Å²) in [4.78, 5) is 29.5. The molecule has 166 valence electrons. The molecule has 0 saturated carbocycles. The normalized spacial score (nSPS) is 10.4. The first-order valence-electron chi connectivity index (χ1n) is 11.1. The Hall–Kier alpha value is -3.60. The Kier molecular flexibility index (Phi) is 8.44. The lowest BCUT2D eigenvalue weighted by atomic mass is 10.1. The number of unbranched alkanes of at least 4 members (excludes halogenated alkanes) is 1. The second kappa shape index (κ2) is 11.7. The molecule has 32 heavy (non-hydrogen) atoms. The van der Waals surface area contributed by atoms with E-state index in [2.05, 4.69) is 6.92 Å². The summed E-state index contributed by atoms with van der Waals surface area (Å²) in [6.07, 6.45) is 1.92. The molecule has 0 spiro atoms. The Morgan fingerprint density at radius 1 is 0.781 bits per heavy atom. The van der Waals surface area contributed by atoms with Crippen molar-refractivity contribution in [3.63, 3.8) is 0 Å². The van der Waals surface area contributed by atoms with E-state index in [0.717, 1.165) is 24.1 Å². The third-order valence-corrected chi connectivity index (χ3v) is 5.11. The Morgan fingerprint density at radius 2 is 1.38 bits per heavy atom. The van der Waals surface area contributed by atoms with E-state index >= 15 is 0 Å². The Labute approximate surface area is 190 Å². The molecular weight excluding hydrogens is 400 g/mol. The lowest BCUT2D eigenvalue weighted by Gasteiger charge is -2.31. The van der Waals surface area contributed by atoms with Gasteiger partial charge in [-0.05, 0) is 55.3 Å². The predicted octanol–water partition coefficient (Wildman–Crippen LogP) is 6.42. The number of carbonyl (C=O) groups is 2. The van der Waals surface area contributed by atoms with Gasteiger partial charge in [-0.1, -0.05) is 61.9 Å². The minimum absolute atomic E-state index is 0.0996. The molecular formula is C27H30N2O3. The Morgan fingerprint density at radius 3 is 1.97 bits per heavy atom. The number of carbonyl (C=O) groups excluding carboxylic acids is 2. The molecule has 3 aromatic rings. The monoisotopic (exact) mass is 430 g/mol. The van der Waals surface area contributed by atoms with Gasteiger partial charge in [0.2, 0.25) is 0 Å². The predicted molar refractivity (Wildman–Crippen MR) is 128 cm³/mol. The van der Waals surface area contributed by atoms with Crippen molar-refractivity contribution in [1.29, 1.82) is 0 Å². The highest BCUT2D eigenvalue weighted by atomic mass is 16.5. The van der Waals surface area contributed by atoms with Crippen LogP contribution in [0.2, 0.25) is 0 Å². The molecule has 5 heteroatoms. The zero-order valence-corrected chi connectivity index (χ0v) is 18.7. The van der Waals surface area contributed by atoms with Gasteiger partial charge in [0.05, 0.1) is 23.5 Å². The van der Waals surface area contributed by atoms with Crippen LogP contribution < -0.4 is 4.90 Å². The number of anilines is 2. The topological polar surface area (TPSA) is 49.9 Å². The molecule has 0 N–H and O–H groups in total. The van der Waals surface area contributed by atoms with Crippen LogP contribution >= 0.6 is 0 Å². The van der Waals surface area contributed by atoms with E-state index < -0.39 is 0 Å². The maximum absolute atomic E-state index is 13.8. The molecule has 0 fully saturated rings. The quantitative estimate of drug-likeness (QED) is 0.368. The van der Waals surface area contributed by atoms with Crippen molar-refractivity contribution in [2.24, 2.45) is 0 Å². The van der Waals surface area contributed by atoms with Crippen molar-refractivity contribution in [1.82, 2.24) is 4.90 Å². The van der Waals surface area contributed by atoms with Gasteiger partial charge in [-0.25, -0.2) is 9.59 Å². The second-order valence-corrected chi connectivity index (χ2v) is 7.48. The molecule has 3 rings (SSSR count). The van der Waals surface area contributed by atoms with Gasteiger partial charge >= 0.3 is 12.0 Å². The van der Waals surface area contributed by atoms with E-state index in [1.807, 2.05) is 65.6 Å². The fraction of sp³-hybridized carbons (Fsp3) is 0.259. The largest absolute Gasteiger partial charge is 0.462 e. The minimum Gasteiger partial charge on any atom is -0.462 e. The van der Waals surface area contributed by atoms with E-state index in [-0.39, 0.29) is 12.0 Å². The van der Waals surface area contributed by atoms with E-state index in [1.54, 1.807) is 36.1 Å². The van der Waals surface area contributed by atoms with Crippen LogP contribution in [0.1, 0.15) is 42.6 Å². The molecule has 0 aliphatic carbocycles. The molecule has 0 unspecified atom stereocenters. The fourth-order valence-corrected chi connectivity index (χ4v) is 3.44. The van der Waals surface area contributed by atoms with Gasteiger partial charge in [-0.3, -0.25) is 4.90 Å². The van der Waals surface area contributed by atoms with E-state index in [0.29, 0.717) is 30.9 Å². The number of hydrogen-bond acceptors (Lipinski definition) is 3. The molecule has 5 nitrogen and oxygen atoms in total. The van der Waals surface area contributed by atoms with Crippen LogP contribution in [0.5, 0.6) is 0 Å². The molecule has 2 amide bonds. The SMILES string of the molecule is CCCCN(Cc1ccccc1)C(=O)N(c1ccccc1)c1ccc(C(=O)OCC)cc1. The lowest BCUT2D eigenvalue weighted by Crippen LogP contribution is -2.41. The maximum Gasteiger partial charge on any atom is 0.338 e. The van der Waals surface area contributed by atoms with Crippen LogP contribution in [0.15, 0.2) is 84.9 Å². The third-order valence-electron chi connectivity index (χ3n) is 5.11. The number of para-hydroxylation sites is 1. The molecule has 0 aliphatic heterocycles. The van der Waals surface area contributed by atoms with Crippen LogP contribution in [0.3, 0.4) is 0 Å². The second-order valence-electron chi connectivity index (χ2n) is 7.48. The summed E-state index contributed by atoms with van der Waals surface area (Å²) in [6.45, 7) is 5.41. The standard InChI is InChI=1S/C27H30N2O3/c1-3-5-20-28(21-22-12-8-6-9-13-22)27(31)29(24-14-10-7-11-15-24)25-18-16-23(17-19-25)26(30)32-4-2/h6-19H,3-5,20-21H2,1-2H3. The lowest BCUT2D eigenvalue weighted by molar-refractivity contribution is 0.0526. The van der Waals surface area contributed by atoms with E-state index in [4.69, 9.17) is 4.74 Å². The number of ether oxygens (including phenoxy) is 1. The number of urea groups is 1. The van der Waals surface area contributed by atoms with Gasteiger partial charge in [0.25, 0.3) is 0 Å². The first-order chi connectivity index (χ1) is 15.6. The summed E-state index contributed by atoms with van der Waals surface area (Å²) < 4.78 is 5.08. The molecule has 3 aromatic carbocycles. The fourth-order valence-electron chi connectivity index (χ4n) is 3.44. The molecule has 0 heterocycles. The Bertz CT molecular complexity index is 988. The Balaban J connectivity index is 1.94.